The Labute approximate surface area is 152 Å². The zero-order valence-electron chi connectivity index (χ0n) is 14.8. The van der Waals surface area contributed by atoms with Crippen molar-refractivity contribution in [3.63, 3.8) is 0 Å². The van der Waals surface area contributed by atoms with Gasteiger partial charge >= 0.3 is 6.18 Å². The summed E-state index contributed by atoms with van der Waals surface area (Å²) in [4.78, 5) is 16.6. The molecule has 0 aromatic heterocycles. The summed E-state index contributed by atoms with van der Waals surface area (Å²) in [6, 6.07) is 5.55. The van der Waals surface area contributed by atoms with E-state index in [-0.39, 0.29) is 11.9 Å². The highest BCUT2D eigenvalue weighted by molar-refractivity contribution is 5.76. The lowest BCUT2D eigenvalue weighted by molar-refractivity contribution is -0.137. The topological polar surface area (TPSA) is 47.4 Å². The quantitative estimate of drug-likeness (QED) is 0.813. The number of hydrogen-bond acceptors (Lipinski definition) is 2. The van der Waals surface area contributed by atoms with E-state index in [2.05, 4.69) is 4.90 Å². The molecule has 1 N–H and O–H groups in total. The van der Waals surface area contributed by atoms with E-state index in [1.54, 1.807) is 0 Å². The number of amides is 1. The number of rotatable bonds is 4. The normalized spacial score (nSPS) is 22.8. The number of alkyl halides is 3. The molecule has 0 bridgehead atoms. The van der Waals surface area contributed by atoms with Crippen LogP contribution in [0.4, 0.5) is 13.2 Å². The average Bonchev–Trinajstić information content (AvgIpc) is 3.06. The van der Waals surface area contributed by atoms with Crippen molar-refractivity contribution in [3.05, 3.63) is 41.1 Å². The van der Waals surface area contributed by atoms with Gasteiger partial charge in [-0.3, -0.25) is 4.79 Å². The molecule has 0 saturated carbocycles. The first-order chi connectivity index (χ1) is 12.3. The number of piperidine rings is 1. The summed E-state index contributed by atoms with van der Waals surface area (Å²) in [5.74, 6) is 0.0723. The van der Waals surface area contributed by atoms with E-state index in [9.17, 15) is 18.0 Å². The van der Waals surface area contributed by atoms with Gasteiger partial charge in [-0.2, -0.15) is 13.2 Å². The van der Waals surface area contributed by atoms with Crippen LogP contribution in [0.25, 0.3) is 5.73 Å². The predicted molar refractivity (Wildman–Crippen MR) is 93.7 cm³/mol. The van der Waals surface area contributed by atoms with Gasteiger partial charge in [0.1, 0.15) is 0 Å². The molecule has 3 rings (SSSR count). The molecule has 2 aliphatic heterocycles. The van der Waals surface area contributed by atoms with E-state index in [1.807, 2.05) is 4.90 Å². The van der Waals surface area contributed by atoms with E-state index >= 15 is 0 Å². The number of aryl methyl sites for hydroxylation is 1. The lowest BCUT2D eigenvalue weighted by Gasteiger charge is -2.37. The number of benzene rings is 1. The summed E-state index contributed by atoms with van der Waals surface area (Å²) in [5.41, 5.74) is 7.89. The number of halogens is 3. The Morgan fingerprint density at radius 1 is 1.08 bits per heavy atom. The van der Waals surface area contributed by atoms with Gasteiger partial charge in [-0.25, -0.2) is 0 Å². The number of likely N-dealkylation sites (tertiary alicyclic amines) is 2. The minimum absolute atomic E-state index is 0.0263. The summed E-state index contributed by atoms with van der Waals surface area (Å²) >= 11 is 0. The number of nitrogens with zero attached hydrogens (tertiary/aromatic N) is 2. The molecular formula is C19H25F3N3O-. The van der Waals surface area contributed by atoms with E-state index < -0.39 is 11.7 Å². The third-order valence-corrected chi connectivity index (χ3v) is 5.46. The fourth-order valence-electron chi connectivity index (χ4n) is 3.87. The molecule has 26 heavy (non-hydrogen) atoms. The molecule has 0 aliphatic carbocycles. The van der Waals surface area contributed by atoms with Crippen LogP contribution in [-0.2, 0) is 17.4 Å². The monoisotopic (exact) mass is 368 g/mol. The summed E-state index contributed by atoms with van der Waals surface area (Å²) in [6.45, 7) is 3.29. The molecule has 2 fully saturated rings. The second-order valence-corrected chi connectivity index (χ2v) is 7.29. The Bertz CT molecular complexity index is 609. The van der Waals surface area contributed by atoms with E-state index in [0.717, 1.165) is 63.1 Å². The third kappa shape index (κ3) is 4.76. The van der Waals surface area contributed by atoms with Crippen molar-refractivity contribution in [1.29, 1.82) is 0 Å². The van der Waals surface area contributed by atoms with E-state index in [0.29, 0.717) is 18.9 Å². The molecule has 0 spiro atoms. The van der Waals surface area contributed by atoms with Crippen molar-refractivity contribution in [2.75, 3.05) is 26.2 Å². The summed E-state index contributed by atoms with van der Waals surface area (Å²) in [6.07, 6.45) is -0.712. The van der Waals surface area contributed by atoms with Gasteiger partial charge in [0, 0.05) is 25.6 Å². The van der Waals surface area contributed by atoms with Crippen LogP contribution < -0.4 is 0 Å². The Morgan fingerprint density at radius 2 is 1.73 bits per heavy atom. The number of hydrogen-bond donors (Lipinski definition) is 0. The standard InChI is InChI=1S/C19H25F3N3O/c20-19(21,22)15-4-1-14(2-5-15)3-6-18(26)24-11-8-17(9-12-24)25-10-7-16(23)13-25/h1-2,4-5,16-17,23H,3,6-13H2/q-1. The summed E-state index contributed by atoms with van der Waals surface area (Å²) in [5, 5.41) is 0. The first kappa shape index (κ1) is 19.2. The van der Waals surface area contributed by atoms with E-state index in [4.69, 9.17) is 5.73 Å². The van der Waals surface area contributed by atoms with Crippen LogP contribution in [0.3, 0.4) is 0 Å². The number of nitrogens with one attached hydrogen (secondary N) is 1. The Morgan fingerprint density at radius 3 is 2.27 bits per heavy atom. The van der Waals surface area contributed by atoms with Gasteiger partial charge < -0.3 is 15.5 Å². The van der Waals surface area contributed by atoms with Gasteiger partial charge in [0.2, 0.25) is 5.91 Å². The second-order valence-electron chi connectivity index (χ2n) is 7.29. The SMILES string of the molecule is [NH-]C1CCN(C2CCN(C(=O)CCc3ccc(C(F)(F)F)cc3)CC2)C1. The zero-order valence-corrected chi connectivity index (χ0v) is 14.8. The first-order valence-electron chi connectivity index (χ1n) is 9.22. The van der Waals surface area contributed by atoms with Crippen LogP contribution in [0.5, 0.6) is 0 Å². The lowest BCUT2D eigenvalue weighted by Crippen LogP contribution is -2.46. The van der Waals surface area contributed by atoms with Crippen molar-refractivity contribution < 1.29 is 18.0 Å². The van der Waals surface area contributed by atoms with Crippen molar-refractivity contribution in [2.45, 2.75) is 50.4 Å². The Balaban J connectivity index is 1.43. The molecule has 1 unspecified atom stereocenters. The van der Waals surface area contributed by atoms with Gasteiger partial charge in [-0.1, -0.05) is 18.6 Å². The highest BCUT2D eigenvalue weighted by atomic mass is 19.4. The Hall–Kier alpha value is -1.60. The zero-order chi connectivity index (χ0) is 18.7. The number of carbonyl (C=O) groups excluding carboxylic acids is 1. The minimum atomic E-state index is -4.33. The number of carbonyl (C=O) groups is 1. The molecule has 2 saturated heterocycles. The van der Waals surface area contributed by atoms with Crippen molar-refractivity contribution in [1.82, 2.24) is 9.80 Å². The fourth-order valence-corrected chi connectivity index (χ4v) is 3.87. The van der Waals surface area contributed by atoms with Crippen LogP contribution in [0, 0.1) is 0 Å². The van der Waals surface area contributed by atoms with Crippen LogP contribution in [0.1, 0.15) is 36.8 Å². The molecule has 1 aromatic rings. The van der Waals surface area contributed by atoms with Gasteiger partial charge in [-0.15, -0.1) is 6.04 Å². The van der Waals surface area contributed by atoms with Crippen LogP contribution in [0.15, 0.2) is 24.3 Å². The van der Waals surface area contributed by atoms with Crippen molar-refractivity contribution in [3.8, 4) is 0 Å². The highest BCUT2D eigenvalue weighted by Crippen LogP contribution is 2.29. The molecule has 144 valence electrons. The molecule has 4 nitrogen and oxygen atoms in total. The van der Waals surface area contributed by atoms with Crippen molar-refractivity contribution in [2.24, 2.45) is 0 Å². The predicted octanol–water partition coefficient (Wildman–Crippen LogP) is 3.76. The van der Waals surface area contributed by atoms with Gasteiger partial charge in [0.25, 0.3) is 0 Å². The van der Waals surface area contributed by atoms with Gasteiger partial charge in [-0.05, 0) is 50.0 Å². The van der Waals surface area contributed by atoms with Gasteiger partial charge in [0.15, 0.2) is 0 Å². The maximum Gasteiger partial charge on any atom is 0.416 e. The average molecular weight is 368 g/mol. The Kier molecular flexibility index (Phi) is 5.87. The highest BCUT2D eigenvalue weighted by Gasteiger charge is 2.30. The molecule has 2 heterocycles. The third-order valence-electron chi connectivity index (χ3n) is 5.46. The molecule has 1 amide bonds. The minimum Gasteiger partial charge on any atom is -0.674 e. The lowest BCUT2D eigenvalue weighted by atomic mass is 10.0. The smallest absolute Gasteiger partial charge is 0.416 e. The molecule has 1 aromatic carbocycles. The molecule has 0 radical (unpaired) electrons. The summed E-state index contributed by atoms with van der Waals surface area (Å²) < 4.78 is 37.7. The first-order valence-corrected chi connectivity index (χ1v) is 9.22. The van der Waals surface area contributed by atoms with Crippen molar-refractivity contribution >= 4 is 5.91 Å². The van der Waals surface area contributed by atoms with Crippen LogP contribution in [0.2, 0.25) is 0 Å². The maximum absolute atomic E-state index is 12.6. The molecule has 7 heteroatoms. The molecular weight excluding hydrogens is 343 g/mol. The maximum atomic E-state index is 12.6. The second kappa shape index (κ2) is 7.96. The van der Waals surface area contributed by atoms with Crippen LogP contribution >= 0.6 is 0 Å². The molecule has 1 atom stereocenters. The van der Waals surface area contributed by atoms with Gasteiger partial charge in [0.05, 0.1) is 5.56 Å². The molecule has 2 aliphatic rings. The van der Waals surface area contributed by atoms with Crippen LogP contribution in [-0.4, -0.2) is 54.0 Å². The summed E-state index contributed by atoms with van der Waals surface area (Å²) in [7, 11) is 0. The fraction of sp³-hybridized carbons (Fsp3) is 0.632. The largest absolute Gasteiger partial charge is 0.674 e. The van der Waals surface area contributed by atoms with E-state index in [1.165, 1.54) is 12.1 Å².